The molecule has 0 unspecified atom stereocenters. The van der Waals surface area contributed by atoms with E-state index in [0.717, 1.165) is 65.9 Å². The van der Waals surface area contributed by atoms with E-state index < -0.39 is 0 Å². The van der Waals surface area contributed by atoms with Gasteiger partial charge in [0.1, 0.15) is 11.2 Å². The highest BCUT2D eigenvalue weighted by Gasteiger charge is 2.15. The molecule has 0 aliphatic rings. The Kier molecular flexibility index (Phi) is 5.78. The number of furan rings is 1. The molecule has 2 heterocycles. The fraction of sp³-hybridized carbons (Fsp3) is 0. The molecule has 0 saturated carbocycles. The van der Waals surface area contributed by atoms with Crippen molar-refractivity contribution in [1.82, 2.24) is 15.0 Å². The number of benzene rings is 7. The number of fused-ring (bicyclic) bond motifs is 6. The molecular weight excluding hydrogens is 550 g/mol. The molecule has 7 aromatic carbocycles. The molecule has 2 aromatic heterocycles. The average molecular weight is 576 g/mol. The monoisotopic (exact) mass is 575 g/mol. The van der Waals surface area contributed by atoms with Crippen molar-refractivity contribution in [3.63, 3.8) is 0 Å². The number of hydrogen-bond donors (Lipinski definition) is 0. The van der Waals surface area contributed by atoms with Crippen molar-refractivity contribution >= 4 is 43.5 Å². The van der Waals surface area contributed by atoms with E-state index in [-0.39, 0.29) is 0 Å². The van der Waals surface area contributed by atoms with Crippen LogP contribution in [-0.2, 0) is 0 Å². The smallest absolute Gasteiger partial charge is 0.164 e. The fourth-order valence-corrected chi connectivity index (χ4v) is 6.27. The zero-order chi connectivity index (χ0) is 29.7. The maximum absolute atomic E-state index is 6.33. The molecule has 0 aliphatic carbocycles. The Morgan fingerprint density at radius 1 is 0.356 bits per heavy atom. The zero-order valence-corrected chi connectivity index (χ0v) is 24.2. The minimum atomic E-state index is 0.639. The lowest BCUT2D eigenvalue weighted by atomic mass is 9.96. The van der Waals surface area contributed by atoms with E-state index >= 15 is 0 Å². The minimum Gasteiger partial charge on any atom is -0.455 e. The molecule has 45 heavy (non-hydrogen) atoms. The molecule has 0 bridgehead atoms. The third-order valence-corrected chi connectivity index (χ3v) is 8.53. The molecule has 0 N–H and O–H groups in total. The van der Waals surface area contributed by atoms with Gasteiger partial charge >= 0.3 is 0 Å². The topological polar surface area (TPSA) is 51.8 Å². The van der Waals surface area contributed by atoms with Crippen molar-refractivity contribution in [2.24, 2.45) is 0 Å². The van der Waals surface area contributed by atoms with Crippen LogP contribution >= 0.6 is 0 Å². The summed E-state index contributed by atoms with van der Waals surface area (Å²) in [6.07, 6.45) is 0. The molecule has 0 atom stereocenters. The molecule has 0 saturated heterocycles. The number of para-hydroxylation sites is 1. The fourth-order valence-electron chi connectivity index (χ4n) is 6.27. The van der Waals surface area contributed by atoms with Crippen LogP contribution in [0.4, 0.5) is 0 Å². The van der Waals surface area contributed by atoms with Crippen LogP contribution in [0.3, 0.4) is 0 Å². The number of hydrogen-bond acceptors (Lipinski definition) is 4. The number of rotatable bonds is 4. The molecule has 210 valence electrons. The summed E-state index contributed by atoms with van der Waals surface area (Å²) in [7, 11) is 0. The quantitative estimate of drug-likeness (QED) is 0.209. The Labute approximate surface area is 259 Å². The standard InChI is InChI=1S/C41H25N3O/c1-2-10-28(11-3-1)39-42-40(44-41(43-39)31-22-17-26-9-4-5-12-30(26)25-31)29-20-18-27(19-21-29)32-14-8-15-35-33(32)23-24-36-34-13-6-7-16-37(34)45-38(35)36/h1-25H. The minimum absolute atomic E-state index is 0.639. The van der Waals surface area contributed by atoms with Crippen LogP contribution in [0.5, 0.6) is 0 Å². The van der Waals surface area contributed by atoms with E-state index in [4.69, 9.17) is 19.4 Å². The molecule has 4 nitrogen and oxygen atoms in total. The molecule has 0 amide bonds. The summed E-state index contributed by atoms with van der Waals surface area (Å²) < 4.78 is 6.33. The van der Waals surface area contributed by atoms with Gasteiger partial charge < -0.3 is 4.42 Å². The molecule has 0 spiro atoms. The first-order valence-corrected chi connectivity index (χ1v) is 15.0. The van der Waals surface area contributed by atoms with Gasteiger partial charge in [-0.05, 0) is 45.5 Å². The molecule has 9 rings (SSSR count). The highest BCUT2D eigenvalue weighted by atomic mass is 16.3. The second-order valence-corrected chi connectivity index (χ2v) is 11.3. The largest absolute Gasteiger partial charge is 0.455 e. The average Bonchev–Trinajstić information content (AvgIpc) is 3.51. The van der Waals surface area contributed by atoms with E-state index in [1.165, 1.54) is 5.39 Å². The maximum atomic E-state index is 6.33. The first kappa shape index (κ1) is 25.4. The van der Waals surface area contributed by atoms with Crippen LogP contribution in [-0.4, -0.2) is 15.0 Å². The molecule has 9 aromatic rings. The molecule has 0 aliphatic heterocycles. The van der Waals surface area contributed by atoms with Crippen LogP contribution in [0.15, 0.2) is 156 Å². The van der Waals surface area contributed by atoms with Gasteiger partial charge in [0, 0.05) is 32.8 Å². The Bertz CT molecular complexity index is 2530. The van der Waals surface area contributed by atoms with Gasteiger partial charge in [-0.25, -0.2) is 15.0 Å². The first-order valence-electron chi connectivity index (χ1n) is 15.0. The van der Waals surface area contributed by atoms with Crippen LogP contribution in [0.1, 0.15) is 0 Å². The highest BCUT2D eigenvalue weighted by molar-refractivity contribution is 6.17. The third-order valence-electron chi connectivity index (χ3n) is 8.53. The lowest BCUT2D eigenvalue weighted by Crippen LogP contribution is -2.00. The summed E-state index contributed by atoms with van der Waals surface area (Å²) in [6.45, 7) is 0. The number of aromatic nitrogens is 3. The summed E-state index contributed by atoms with van der Waals surface area (Å²) in [6, 6.07) is 52.3. The maximum Gasteiger partial charge on any atom is 0.164 e. The van der Waals surface area contributed by atoms with Crippen LogP contribution in [0.2, 0.25) is 0 Å². The van der Waals surface area contributed by atoms with Gasteiger partial charge in [-0.1, -0.05) is 133 Å². The summed E-state index contributed by atoms with van der Waals surface area (Å²) in [5, 5.41) is 6.87. The van der Waals surface area contributed by atoms with Gasteiger partial charge in [-0.2, -0.15) is 0 Å². The molecule has 4 heteroatoms. The van der Waals surface area contributed by atoms with Gasteiger partial charge in [0.05, 0.1) is 0 Å². The van der Waals surface area contributed by atoms with E-state index in [9.17, 15) is 0 Å². The third kappa shape index (κ3) is 4.35. The SMILES string of the molecule is c1ccc(-c2nc(-c3ccc(-c4cccc5c4ccc4c6ccccc6oc54)cc3)nc(-c3ccc4ccccc4c3)n2)cc1. The zero-order valence-electron chi connectivity index (χ0n) is 24.2. The summed E-state index contributed by atoms with van der Waals surface area (Å²) in [5.74, 6) is 1.94. The van der Waals surface area contributed by atoms with Gasteiger partial charge in [0.25, 0.3) is 0 Å². The molecular formula is C41H25N3O. The Balaban J connectivity index is 1.15. The second kappa shape index (κ2) is 10.2. The van der Waals surface area contributed by atoms with Crippen molar-refractivity contribution in [3.05, 3.63) is 152 Å². The summed E-state index contributed by atoms with van der Waals surface area (Å²) in [4.78, 5) is 14.8. The second-order valence-electron chi connectivity index (χ2n) is 11.3. The normalized spacial score (nSPS) is 11.6. The van der Waals surface area contributed by atoms with E-state index in [1.807, 2.05) is 42.5 Å². The van der Waals surface area contributed by atoms with Crippen molar-refractivity contribution < 1.29 is 4.42 Å². The van der Waals surface area contributed by atoms with E-state index in [0.29, 0.717) is 17.5 Å². The Morgan fingerprint density at radius 2 is 0.933 bits per heavy atom. The predicted molar refractivity (Wildman–Crippen MR) is 184 cm³/mol. The van der Waals surface area contributed by atoms with Crippen LogP contribution in [0.25, 0.3) is 88.8 Å². The Hall–Kier alpha value is -6.13. The van der Waals surface area contributed by atoms with Gasteiger partial charge in [0.2, 0.25) is 0 Å². The van der Waals surface area contributed by atoms with Gasteiger partial charge in [-0.3, -0.25) is 0 Å². The lowest BCUT2D eigenvalue weighted by Gasteiger charge is -2.11. The summed E-state index contributed by atoms with van der Waals surface area (Å²) >= 11 is 0. The molecule has 0 fully saturated rings. The van der Waals surface area contributed by atoms with E-state index in [2.05, 4.69) is 109 Å². The van der Waals surface area contributed by atoms with Crippen molar-refractivity contribution in [2.75, 3.05) is 0 Å². The van der Waals surface area contributed by atoms with Crippen molar-refractivity contribution in [3.8, 4) is 45.3 Å². The summed E-state index contributed by atoms with van der Waals surface area (Å²) in [5.41, 5.74) is 6.94. The van der Waals surface area contributed by atoms with Crippen molar-refractivity contribution in [1.29, 1.82) is 0 Å². The van der Waals surface area contributed by atoms with Crippen molar-refractivity contribution in [2.45, 2.75) is 0 Å². The Morgan fingerprint density at radius 3 is 1.76 bits per heavy atom. The van der Waals surface area contributed by atoms with Gasteiger partial charge in [0.15, 0.2) is 17.5 Å². The highest BCUT2D eigenvalue weighted by Crippen LogP contribution is 2.38. The van der Waals surface area contributed by atoms with E-state index in [1.54, 1.807) is 0 Å². The van der Waals surface area contributed by atoms with Crippen LogP contribution < -0.4 is 0 Å². The first-order chi connectivity index (χ1) is 22.3. The molecule has 0 radical (unpaired) electrons. The van der Waals surface area contributed by atoms with Gasteiger partial charge in [-0.15, -0.1) is 0 Å². The number of nitrogens with zero attached hydrogens (tertiary/aromatic N) is 3. The lowest BCUT2D eigenvalue weighted by molar-refractivity contribution is 0.672. The van der Waals surface area contributed by atoms with Crippen LogP contribution in [0, 0.1) is 0 Å². The predicted octanol–water partition coefficient (Wildman–Crippen LogP) is 10.7.